The topological polar surface area (TPSA) is 52.9 Å². The van der Waals surface area contributed by atoms with Gasteiger partial charge in [0.05, 0.1) is 12.5 Å². The molecule has 4 heteroatoms. The quantitative estimate of drug-likeness (QED) is 0.923. The van der Waals surface area contributed by atoms with E-state index in [9.17, 15) is 14.4 Å². The van der Waals surface area contributed by atoms with Crippen molar-refractivity contribution >= 4 is 5.91 Å². The predicted molar refractivity (Wildman–Crippen MR) is 78.8 cm³/mol. The Kier molecular flexibility index (Phi) is 4.95. The second-order valence-corrected chi connectivity index (χ2v) is 5.90. The van der Waals surface area contributed by atoms with Gasteiger partial charge in [-0.2, -0.15) is 5.26 Å². The molecule has 0 unspecified atom stereocenters. The SMILES string of the molecule is CCC1CCC(C#N)(NC(=O)Cc2ccc(F)cc2)CC1. The van der Waals surface area contributed by atoms with Crippen LogP contribution in [0.25, 0.3) is 0 Å². The van der Waals surface area contributed by atoms with E-state index in [-0.39, 0.29) is 18.1 Å². The molecule has 21 heavy (non-hydrogen) atoms. The summed E-state index contributed by atoms with van der Waals surface area (Å²) < 4.78 is 12.8. The molecule has 1 N–H and O–H groups in total. The van der Waals surface area contributed by atoms with E-state index in [1.165, 1.54) is 12.1 Å². The van der Waals surface area contributed by atoms with Crippen molar-refractivity contribution in [3.05, 3.63) is 35.6 Å². The lowest BCUT2D eigenvalue weighted by molar-refractivity contribution is -0.122. The molecule has 0 bridgehead atoms. The van der Waals surface area contributed by atoms with Crippen molar-refractivity contribution in [3.8, 4) is 6.07 Å². The van der Waals surface area contributed by atoms with Gasteiger partial charge in [-0.25, -0.2) is 4.39 Å². The monoisotopic (exact) mass is 288 g/mol. The molecule has 1 saturated carbocycles. The Balaban J connectivity index is 1.94. The largest absolute Gasteiger partial charge is 0.338 e. The number of hydrogen-bond donors (Lipinski definition) is 1. The molecular formula is C17H21FN2O. The Hall–Kier alpha value is -1.89. The highest BCUT2D eigenvalue weighted by molar-refractivity contribution is 5.79. The van der Waals surface area contributed by atoms with Gasteiger partial charge in [0, 0.05) is 0 Å². The van der Waals surface area contributed by atoms with Gasteiger partial charge < -0.3 is 5.32 Å². The second kappa shape index (κ2) is 6.71. The fraction of sp³-hybridized carbons (Fsp3) is 0.529. The van der Waals surface area contributed by atoms with Crippen molar-refractivity contribution in [2.75, 3.05) is 0 Å². The Labute approximate surface area is 125 Å². The summed E-state index contributed by atoms with van der Waals surface area (Å²) >= 11 is 0. The van der Waals surface area contributed by atoms with Crippen LogP contribution in [0.3, 0.4) is 0 Å². The van der Waals surface area contributed by atoms with Crippen LogP contribution in [0.5, 0.6) is 0 Å². The first kappa shape index (κ1) is 15.5. The Morgan fingerprint density at radius 2 is 2.00 bits per heavy atom. The van der Waals surface area contributed by atoms with Crippen molar-refractivity contribution in [2.45, 2.75) is 51.0 Å². The number of benzene rings is 1. The average molecular weight is 288 g/mol. The molecule has 0 radical (unpaired) electrons. The fourth-order valence-electron chi connectivity index (χ4n) is 2.94. The summed E-state index contributed by atoms with van der Waals surface area (Å²) in [4.78, 5) is 12.1. The highest BCUT2D eigenvalue weighted by Crippen LogP contribution is 2.33. The maximum absolute atomic E-state index is 12.8. The molecule has 1 aromatic carbocycles. The minimum absolute atomic E-state index is 0.168. The van der Waals surface area contributed by atoms with E-state index in [0.717, 1.165) is 37.7 Å². The van der Waals surface area contributed by atoms with Crippen LogP contribution >= 0.6 is 0 Å². The van der Waals surface area contributed by atoms with Gasteiger partial charge in [-0.15, -0.1) is 0 Å². The van der Waals surface area contributed by atoms with Gasteiger partial charge in [-0.1, -0.05) is 25.5 Å². The van der Waals surface area contributed by atoms with Gasteiger partial charge in [-0.3, -0.25) is 4.79 Å². The summed E-state index contributed by atoms with van der Waals surface area (Å²) in [6.45, 7) is 2.16. The summed E-state index contributed by atoms with van der Waals surface area (Å²) in [5, 5.41) is 12.3. The van der Waals surface area contributed by atoms with Crippen molar-refractivity contribution in [1.82, 2.24) is 5.32 Å². The highest BCUT2D eigenvalue weighted by atomic mass is 19.1. The molecule has 0 aliphatic heterocycles. The van der Waals surface area contributed by atoms with Crippen LogP contribution in [0.2, 0.25) is 0 Å². The summed E-state index contributed by atoms with van der Waals surface area (Å²) in [5.41, 5.74) is 0.0345. The first-order valence-electron chi connectivity index (χ1n) is 7.53. The lowest BCUT2D eigenvalue weighted by Crippen LogP contribution is -2.50. The van der Waals surface area contributed by atoms with Crippen molar-refractivity contribution in [2.24, 2.45) is 5.92 Å². The normalized spacial score (nSPS) is 25.1. The van der Waals surface area contributed by atoms with E-state index in [4.69, 9.17) is 0 Å². The highest BCUT2D eigenvalue weighted by Gasteiger charge is 2.36. The summed E-state index contributed by atoms with van der Waals surface area (Å²) in [7, 11) is 0. The zero-order valence-corrected chi connectivity index (χ0v) is 12.4. The van der Waals surface area contributed by atoms with E-state index < -0.39 is 5.54 Å². The lowest BCUT2D eigenvalue weighted by Gasteiger charge is -2.35. The molecule has 1 aliphatic rings. The third-order valence-electron chi connectivity index (χ3n) is 4.41. The number of hydrogen-bond acceptors (Lipinski definition) is 2. The first-order chi connectivity index (χ1) is 10.1. The lowest BCUT2D eigenvalue weighted by atomic mass is 9.76. The van der Waals surface area contributed by atoms with Gasteiger partial charge in [0.25, 0.3) is 0 Å². The number of amides is 1. The second-order valence-electron chi connectivity index (χ2n) is 5.90. The van der Waals surface area contributed by atoms with Crippen LogP contribution in [0.1, 0.15) is 44.6 Å². The minimum Gasteiger partial charge on any atom is -0.338 e. The van der Waals surface area contributed by atoms with Crippen molar-refractivity contribution < 1.29 is 9.18 Å². The molecule has 3 nitrogen and oxygen atoms in total. The van der Waals surface area contributed by atoms with E-state index in [2.05, 4.69) is 18.3 Å². The molecule has 0 spiro atoms. The third-order valence-corrected chi connectivity index (χ3v) is 4.41. The van der Waals surface area contributed by atoms with Crippen LogP contribution in [0, 0.1) is 23.1 Å². The Morgan fingerprint density at radius 1 is 1.38 bits per heavy atom. The molecule has 0 saturated heterocycles. The number of carbonyl (C=O) groups is 1. The van der Waals surface area contributed by atoms with Crippen molar-refractivity contribution in [3.63, 3.8) is 0 Å². The molecular weight excluding hydrogens is 267 g/mol. The zero-order valence-electron chi connectivity index (χ0n) is 12.4. The number of nitriles is 1. The molecule has 2 rings (SSSR count). The van der Waals surface area contributed by atoms with Crippen LogP contribution in [0.4, 0.5) is 4.39 Å². The van der Waals surface area contributed by atoms with Gasteiger partial charge in [0.2, 0.25) is 5.91 Å². The molecule has 1 aromatic rings. The molecule has 1 amide bonds. The maximum atomic E-state index is 12.8. The summed E-state index contributed by atoms with van der Waals surface area (Å²) in [6.07, 6.45) is 4.72. The van der Waals surface area contributed by atoms with Gasteiger partial charge in [-0.05, 0) is 49.3 Å². The zero-order chi connectivity index (χ0) is 15.3. The van der Waals surface area contributed by atoms with Crippen LogP contribution in [0.15, 0.2) is 24.3 Å². The molecule has 1 fully saturated rings. The van der Waals surface area contributed by atoms with Crippen molar-refractivity contribution in [1.29, 1.82) is 5.26 Å². The predicted octanol–water partition coefficient (Wildman–Crippen LogP) is 3.35. The number of nitrogens with zero attached hydrogens (tertiary/aromatic N) is 1. The van der Waals surface area contributed by atoms with Gasteiger partial charge in [0.15, 0.2) is 0 Å². The van der Waals surface area contributed by atoms with E-state index >= 15 is 0 Å². The Morgan fingerprint density at radius 3 is 2.52 bits per heavy atom. The van der Waals surface area contributed by atoms with Crippen LogP contribution in [-0.4, -0.2) is 11.4 Å². The number of nitrogens with one attached hydrogen (secondary N) is 1. The maximum Gasteiger partial charge on any atom is 0.225 e. The third kappa shape index (κ3) is 4.04. The minimum atomic E-state index is -0.719. The van der Waals surface area contributed by atoms with E-state index in [1.807, 2.05) is 0 Å². The molecule has 0 atom stereocenters. The van der Waals surface area contributed by atoms with E-state index in [1.54, 1.807) is 12.1 Å². The summed E-state index contributed by atoms with van der Waals surface area (Å²) in [6, 6.07) is 8.18. The molecule has 0 heterocycles. The number of halogens is 1. The fourth-order valence-corrected chi connectivity index (χ4v) is 2.94. The number of rotatable bonds is 4. The standard InChI is InChI=1S/C17H21FN2O/c1-2-13-7-9-17(12-19,10-8-13)20-16(21)11-14-3-5-15(18)6-4-14/h3-6,13H,2,7-11H2,1H3,(H,20,21). The average Bonchev–Trinajstić information content (AvgIpc) is 2.50. The van der Waals surface area contributed by atoms with E-state index in [0.29, 0.717) is 5.92 Å². The molecule has 1 aliphatic carbocycles. The van der Waals surface area contributed by atoms with Gasteiger partial charge >= 0.3 is 0 Å². The molecule has 0 aromatic heterocycles. The van der Waals surface area contributed by atoms with Crippen LogP contribution in [-0.2, 0) is 11.2 Å². The van der Waals surface area contributed by atoms with Gasteiger partial charge in [0.1, 0.15) is 11.4 Å². The Bertz CT molecular complexity index is 525. The van der Waals surface area contributed by atoms with Crippen LogP contribution < -0.4 is 5.32 Å². The smallest absolute Gasteiger partial charge is 0.225 e. The number of carbonyl (C=O) groups excluding carboxylic acids is 1. The summed E-state index contributed by atoms with van der Waals surface area (Å²) in [5.74, 6) is 0.184. The first-order valence-corrected chi connectivity index (χ1v) is 7.53. The molecule has 112 valence electrons.